The molecule has 0 saturated heterocycles. The van der Waals surface area contributed by atoms with Gasteiger partial charge in [0.2, 0.25) is 0 Å². The molecule has 0 aromatic heterocycles. The molecule has 0 amide bonds. The molecule has 152 valence electrons. The van der Waals surface area contributed by atoms with E-state index in [1.807, 2.05) is 0 Å². The Bertz CT molecular complexity index is 961. The van der Waals surface area contributed by atoms with Crippen molar-refractivity contribution in [3.8, 4) is 0 Å². The number of allylic oxidation sites excluding steroid dienone is 4. The van der Waals surface area contributed by atoms with Crippen LogP contribution < -0.4 is 10.4 Å². The normalized spacial score (nSPS) is 15.7. The summed E-state index contributed by atoms with van der Waals surface area (Å²) >= 11 is 0. The Morgan fingerprint density at radius 3 is 1.38 bits per heavy atom. The van der Waals surface area contributed by atoms with Crippen molar-refractivity contribution < 1.29 is 0 Å². The minimum atomic E-state index is -1.81. The van der Waals surface area contributed by atoms with Gasteiger partial charge in [-0.05, 0) is 83.1 Å². The van der Waals surface area contributed by atoms with E-state index >= 15 is 0 Å². The van der Waals surface area contributed by atoms with Gasteiger partial charge in [-0.2, -0.15) is 0 Å². The first kappa shape index (κ1) is 20.4. The van der Waals surface area contributed by atoms with E-state index in [-0.39, 0.29) is 0 Å². The molecule has 0 heterocycles. The zero-order valence-electron chi connectivity index (χ0n) is 19.5. The topological polar surface area (TPSA) is 0 Å². The van der Waals surface area contributed by atoms with Crippen molar-refractivity contribution in [3.63, 3.8) is 0 Å². The minimum Gasteiger partial charge on any atom is -0.0766 e. The van der Waals surface area contributed by atoms with Crippen molar-refractivity contribution in [1.82, 2.24) is 0 Å². The van der Waals surface area contributed by atoms with Crippen molar-refractivity contribution in [3.05, 3.63) is 69.8 Å². The molecule has 0 spiro atoms. The Balaban J connectivity index is 1.91. The lowest BCUT2D eigenvalue weighted by Crippen LogP contribution is -2.55. The van der Waals surface area contributed by atoms with Gasteiger partial charge in [0, 0.05) is 0 Å². The summed E-state index contributed by atoms with van der Waals surface area (Å²) in [5.41, 5.74) is 12.4. The SMILES string of the molecule is CC1=CCc2c([Si](C)(C)c3ccc(C(C)C)c4c3CC=C4C)ccc(C(C)C)c21. The maximum atomic E-state index is 2.57. The highest BCUT2D eigenvalue weighted by Gasteiger charge is 2.35. The molecular formula is C28H36Si. The van der Waals surface area contributed by atoms with Crippen LogP contribution in [0, 0.1) is 0 Å². The summed E-state index contributed by atoms with van der Waals surface area (Å²) in [7, 11) is -1.81. The molecular weight excluding hydrogens is 364 g/mol. The highest BCUT2D eigenvalue weighted by atomic mass is 28.3. The summed E-state index contributed by atoms with van der Waals surface area (Å²) in [6, 6.07) is 9.85. The molecule has 0 saturated carbocycles. The summed E-state index contributed by atoms with van der Waals surface area (Å²) in [5, 5.41) is 3.29. The third-order valence-corrected chi connectivity index (χ3v) is 10.9. The van der Waals surface area contributed by atoms with Crippen molar-refractivity contribution in [1.29, 1.82) is 0 Å². The fourth-order valence-electron chi connectivity index (χ4n) is 5.68. The van der Waals surface area contributed by atoms with E-state index in [1.54, 1.807) is 32.6 Å². The second-order valence-corrected chi connectivity index (χ2v) is 14.6. The van der Waals surface area contributed by atoms with Crippen LogP contribution in [-0.2, 0) is 12.8 Å². The minimum absolute atomic E-state index is 0.574. The van der Waals surface area contributed by atoms with Gasteiger partial charge in [0.25, 0.3) is 0 Å². The molecule has 2 aromatic rings. The van der Waals surface area contributed by atoms with E-state index in [2.05, 4.69) is 91.1 Å². The number of hydrogen-bond acceptors (Lipinski definition) is 0. The Hall–Kier alpha value is -1.86. The van der Waals surface area contributed by atoms with Gasteiger partial charge in [-0.15, -0.1) is 0 Å². The Labute approximate surface area is 178 Å². The average molecular weight is 401 g/mol. The summed E-state index contributed by atoms with van der Waals surface area (Å²) in [6.45, 7) is 19.1. The van der Waals surface area contributed by atoms with Crippen molar-refractivity contribution in [2.24, 2.45) is 0 Å². The van der Waals surface area contributed by atoms with Crippen LogP contribution in [0.3, 0.4) is 0 Å². The molecule has 29 heavy (non-hydrogen) atoms. The van der Waals surface area contributed by atoms with Gasteiger partial charge < -0.3 is 0 Å². The molecule has 0 nitrogen and oxygen atoms in total. The lowest BCUT2D eigenvalue weighted by atomic mass is 9.92. The first-order valence-corrected chi connectivity index (χ1v) is 14.3. The number of benzene rings is 2. The molecule has 0 N–H and O–H groups in total. The van der Waals surface area contributed by atoms with Crippen molar-refractivity contribution >= 4 is 29.6 Å². The van der Waals surface area contributed by atoms with E-state index in [0.29, 0.717) is 11.8 Å². The zero-order chi connectivity index (χ0) is 21.1. The Kier molecular flexibility index (Phi) is 5.02. The lowest BCUT2D eigenvalue weighted by Gasteiger charge is -2.31. The fourth-order valence-corrected chi connectivity index (χ4v) is 8.93. The smallest absolute Gasteiger partial charge is 0.0766 e. The first-order valence-electron chi connectivity index (χ1n) is 11.3. The van der Waals surface area contributed by atoms with Crippen LogP contribution in [-0.4, -0.2) is 8.07 Å². The predicted molar refractivity (Wildman–Crippen MR) is 133 cm³/mol. The quantitative estimate of drug-likeness (QED) is 0.502. The van der Waals surface area contributed by atoms with Crippen molar-refractivity contribution in [2.45, 2.75) is 79.3 Å². The van der Waals surface area contributed by atoms with Crippen LogP contribution in [0.15, 0.2) is 36.4 Å². The highest BCUT2D eigenvalue weighted by molar-refractivity contribution is 7.01. The maximum Gasteiger partial charge on any atom is 0.113 e. The van der Waals surface area contributed by atoms with Gasteiger partial charge in [0.15, 0.2) is 0 Å². The van der Waals surface area contributed by atoms with Crippen LogP contribution in [0.2, 0.25) is 13.1 Å². The lowest BCUT2D eigenvalue weighted by molar-refractivity contribution is 0.861. The van der Waals surface area contributed by atoms with Crippen LogP contribution in [0.5, 0.6) is 0 Å². The van der Waals surface area contributed by atoms with E-state index in [1.165, 1.54) is 22.3 Å². The first-order chi connectivity index (χ1) is 13.6. The van der Waals surface area contributed by atoms with Crippen LogP contribution in [0.25, 0.3) is 11.1 Å². The second kappa shape index (κ2) is 7.13. The molecule has 2 aliphatic rings. The Morgan fingerprint density at radius 2 is 1.03 bits per heavy atom. The molecule has 0 aliphatic heterocycles. The van der Waals surface area contributed by atoms with E-state index in [0.717, 1.165) is 12.8 Å². The van der Waals surface area contributed by atoms with Crippen LogP contribution >= 0.6 is 0 Å². The molecule has 0 atom stereocenters. The molecule has 0 fully saturated rings. The number of rotatable bonds is 4. The van der Waals surface area contributed by atoms with Gasteiger partial charge in [-0.3, -0.25) is 0 Å². The van der Waals surface area contributed by atoms with Gasteiger partial charge in [-0.1, -0.05) is 87.6 Å². The zero-order valence-corrected chi connectivity index (χ0v) is 20.5. The predicted octanol–water partition coefficient (Wildman–Crippen LogP) is 6.67. The monoisotopic (exact) mass is 400 g/mol. The fraction of sp³-hybridized carbons (Fsp3) is 0.429. The maximum absolute atomic E-state index is 2.57. The van der Waals surface area contributed by atoms with Gasteiger partial charge in [0.1, 0.15) is 8.07 Å². The second-order valence-electron chi connectivity index (χ2n) is 10.2. The number of hydrogen-bond donors (Lipinski definition) is 0. The summed E-state index contributed by atoms with van der Waals surface area (Å²) < 4.78 is 0. The molecule has 1 heteroatoms. The van der Waals surface area contributed by atoms with Crippen LogP contribution in [0.1, 0.15) is 86.8 Å². The summed E-state index contributed by atoms with van der Waals surface area (Å²) in [4.78, 5) is 0. The number of fused-ring (bicyclic) bond motifs is 2. The highest BCUT2D eigenvalue weighted by Crippen LogP contribution is 2.36. The van der Waals surface area contributed by atoms with Gasteiger partial charge >= 0.3 is 0 Å². The standard InChI is InChI=1S/C28H36Si/c1-17(2)21-13-15-25(23-11-9-19(5)27(21)23)29(7,8)26-16-14-22(18(3)4)28-20(6)10-12-24(26)28/h9-10,13-18H,11-12H2,1-8H3. The molecule has 4 rings (SSSR count). The molecule has 2 aromatic carbocycles. The summed E-state index contributed by atoms with van der Waals surface area (Å²) in [6.07, 6.45) is 7.11. The third kappa shape index (κ3) is 3.10. The molecule has 0 bridgehead atoms. The van der Waals surface area contributed by atoms with E-state index < -0.39 is 8.07 Å². The molecule has 0 radical (unpaired) electrons. The molecule has 2 aliphatic carbocycles. The third-order valence-electron chi connectivity index (χ3n) is 7.29. The molecule has 0 unspecified atom stereocenters. The average Bonchev–Trinajstić information content (AvgIpc) is 3.24. The van der Waals surface area contributed by atoms with Gasteiger partial charge in [0.05, 0.1) is 0 Å². The van der Waals surface area contributed by atoms with E-state index in [9.17, 15) is 0 Å². The van der Waals surface area contributed by atoms with E-state index in [4.69, 9.17) is 0 Å². The van der Waals surface area contributed by atoms with Gasteiger partial charge in [-0.25, -0.2) is 0 Å². The van der Waals surface area contributed by atoms with Crippen molar-refractivity contribution in [2.75, 3.05) is 0 Å². The van der Waals surface area contributed by atoms with Crippen LogP contribution in [0.4, 0.5) is 0 Å². The largest absolute Gasteiger partial charge is 0.113 e. The summed E-state index contributed by atoms with van der Waals surface area (Å²) in [5.74, 6) is 1.15. The Morgan fingerprint density at radius 1 is 0.655 bits per heavy atom.